The molecule has 1 heterocycles. The van der Waals surface area contributed by atoms with Gasteiger partial charge in [0.05, 0.1) is 5.75 Å². The highest BCUT2D eigenvalue weighted by molar-refractivity contribution is 9.10. The first-order chi connectivity index (χ1) is 9.65. The first-order valence-electron chi connectivity index (χ1n) is 6.15. The van der Waals surface area contributed by atoms with Crippen molar-refractivity contribution in [1.82, 2.24) is 20.5 Å². The molecule has 20 heavy (non-hydrogen) atoms. The summed E-state index contributed by atoms with van der Waals surface area (Å²) >= 11 is 4.97. The second kappa shape index (κ2) is 7.44. The van der Waals surface area contributed by atoms with E-state index in [1.54, 1.807) is 11.8 Å². The van der Waals surface area contributed by atoms with Gasteiger partial charge in [-0.15, -0.1) is 11.8 Å². The summed E-state index contributed by atoms with van der Waals surface area (Å²) in [4.78, 5) is 16.9. The van der Waals surface area contributed by atoms with Crippen LogP contribution in [0.15, 0.2) is 33.9 Å². The van der Waals surface area contributed by atoms with Gasteiger partial charge in [-0.1, -0.05) is 15.9 Å². The van der Waals surface area contributed by atoms with E-state index >= 15 is 0 Å². The molecule has 0 saturated heterocycles. The average molecular weight is 355 g/mol. The summed E-state index contributed by atoms with van der Waals surface area (Å²) < 4.78 is 1.05. The Morgan fingerprint density at radius 3 is 3.05 bits per heavy atom. The number of amides is 1. The molecule has 0 radical (unpaired) electrons. The summed E-state index contributed by atoms with van der Waals surface area (Å²) in [6.45, 7) is 2.60. The summed E-state index contributed by atoms with van der Waals surface area (Å²) in [6.07, 6.45) is 2.12. The van der Waals surface area contributed by atoms with Gasteiger partial charge < -0.3 is 5.32 Å². The maximum Gasteiger partial charge on any atom is 0.230 e. The Bertz CT molecular complexity index is 574. The minimum atomic E-state index is 0.0248. The SMILES string of the molecule is Cc1cc(Br)ccc1SCC(=O)NCCc1ncn[nH]1. The highest BCUT2D eigenvalue weighted by atomic mass is 79.9. The van der Waals surface area contributed by atoms with E-state index < -0.39 is 0 Å². The predicted octanol–water partition coefficient (Wildman–Crippen LogP) is 2.33. The molecular weight excluding hydrogens is 340 g/mol. The molecule has 7 heteroatoms. The van der Waals surface area contributed by atoms with E-state index in [-0.39, 0.29) is 5.91 Å². The number of aromatic amines is 1. The molecule has 0 atom stereocenters. The molecule has 1 aromatic carbocycles. The second-order valence-corrected chi connectivity index (χ2v) is 6.16. The molecule has 0 unspecified atom stereocenters. The van der Waals surface area contributed by atoms with Crippen molar-refractivity contribution in [2.45, 2.75) is 18.2 Å². The third-order valence-electron chi connectivity index (χ3n) is 2.64. The highest BCUT2D eigenvalue weighted by Gasteiger charge is 2.05. The Morgan fingerprint density at radius 1 is 1.50 bits per heavy atom. The zero-order chi connectivity index (χ0) is 14.4. The molecule has 2 rings (SSSR count). The number of rotatable bonds is 6. The van der Waals surface area contributed by atoms with Gasteiger partial charge in [0, 0.05) is 22.3 Å². The fourth-order valence-corrected chi connectivity index (χ4v) is 2.96. The Hall–Kier alpha value is -1.34. The first kappa shape index (κ1) is 15.1. The third kappa shape index (κ3) is 4.64. The monoisotopic (exact) mass is 354 g/mol. The van der Waals surface area contributed by atoms with Crippen LogP contribution < -0.4 is 5.32 Å². The number of hydrogen-bond donors (Lipinski definition) is 2. The lowest BCUT2D eigenvalue weighted by Gasteiger charge is -2.06. The number of carbonyl (C=O) groups is 1. The lowest BCUT2D eigenvalue weighted by atomic mass is 10.2. The number of hydrogen-bond acceptors (Lipinski definition) is 4. The Labute approximate surface area is 130 Å². The van der Waals surface area contributed by atoms with E-state index in [2.05, 4.69) is 36.4 Å². The molecule has 1 amide bonds. The van der Waals surface area contributed by atoms with Crippen LogP contribution in [0.1, 0.15) is 11.4 Å². The topological polar surface area (TPSA) is 70.7 Å². The van der Waals surface area contributed by atoms with Gasteiger partial charge >= 0.3 is 0 Å². The molecule has 1 aromatic heterocycles. The maximum absolute atomic E-state index is 11.7. The number of nitrogens with zero attached hydrogens (tertiary/aromatic N) is 2. The molecule has 2 N–H and O–H groups in total. The summed E-state index contributed by atoms with van der Waals surface area (Å²) in [5.41, 5.74) is 1.17. The van der Waals surface area contributed by atoms with Gasteiger partial charge in [0.2, 0.25) is 5.91 Å². The quantitative estimate of drug-likeness (QED) is 0.781. The number of benzene rings is 1. The average Bonchev–Trinajstić information content (AvgIpc) is 2.91. The molecule has 0 aliphatic heterocycles. The van der Waals surface area contributed by atoms with Crippen molar-refractivity contribution in [3.63, 3.8) is 0 Å². The molecule has 0 fully saturated rings. The first-order valence-corrected chi connectivity index (χ1v) is 7.93. The lowest BCUT2D eigenvalue weighted by Crippen LogP contribution is -2.27. The second-order valence-electron chi connectivity index (χ2n) is 4.23. The molecular formula is C13H15BrN4OS. The molecule has 0 saturated carbocycles. The number of H-pyrrole nitrogens is 1. The van der Waals surface area contributed by atoms with E-state index in [0.29, 0.717) is 18.7 Å². The van der Waals surface area contributed by atoms with Crippen LogP contribution in [-0.2, 0) is 11.2 Å². The van der Waals surface area contributed by atoms with Crippen molar-refractivity contribution >= 4 is 33.6 Å². The summed E-state index contributed by atoms with van der Waals surface area (Å²) in [5, 5.41) is 9.38. The summed E-state index contributed by atoms with van der Waals surface area (Å²) in [6, 6.07) is 6.05. The van der Waals surface area contributed by atoms with Crippen molar-refractivity contribution in [1.29, 1.82) is 0 Å². The molecule has 0 aliphatic carbocycles. The van der Waals surface area contributed by atoms with Crippen LogP contribution in [0.25, 0.3) is 0 Å². The summed E-state index contributed by atoms with van der Waals surface area (Å²) in [5.74, 6) is 1.22. The van der Waals surface area contributed by atoms with Gasteiger partial charge in [0.15, 0.2) is 0 Å². The Kier molecular flexibility index (Phi) is 5.60. The lowest BCUT2D eigenvalue weighted by molar-refractivity contribution is -0.118. The largest absolute Gasteiger partial charge is 0.355 e. The van der Waals surface area contributed by atoms with E-state index in [4.69, 9.17) is 0 Å². The van der Waals surface area contributed by atoms with E-state index in [1.165, 1.54) is 11.9 Å². The Balaban J connectivity index is 1.72. The minimum Gasteiger partial charge on any atom is -0.355 e. The van der Waals surface area contributed by atoms with Crippen LogP contribution in [-0.4, -0.2) is 33.4 Å². The highest BCUT2D eigenvalue weighted by Crippen LogP contribution is 2.24. The molecule has 5 nitrogen and oxygen atoms in total. The molecule has 0 spiro atoms. The van der Waals surface area contributed by atoms with E-state index in [1.807, 2.05) is 25.1 Å². The van der Waals surface area contributed by atoms with Crippen LogP contribution in [0.2, 0.25) is 0 Å². The van der Waals surface area contributed by atoms with Crippen molar-refractivity contribution in [3.05, 3.63) is 40.4 Å². The van der Waals surface area contributed by atoms with Crippen LogP contribution in [0.5, 0.6) is 0 Å². The van der Waals surface area contributed by atoms with Crippen LogP contribution >= 0.6 is 27.7 Å². The number of thioether (sulfide) groups is 1. The van der Waals surface area contributed by atoms with Gasteiger partial charge in [-0.25, -0.2) is 4.98 Å². The van der Waals surface area contributed by atoms with Crippen molar-refractivity contribution in [3.8, 4) is 0 Å². The van der Waals surface area contributed by atoms with Crippen molar-refractivity contribution < 1.29 is 4.79 Å². The number of carbonyl (C=O) groups excluding carboxylic acids is 1. The standard InChI is InChI=1S/C13H15BrN4OS/c1-9-6-10(14)2-3-11(9)20-7-13(19)15-5-4-12-16-8-17-18-12/h2-3,6,8H,4-5,7H2,1H3,(H,15,19)(H,16,17,18). The van der Waals surface area contributed by atoms with Gasteiger partial charge in [0.1, 0.15) is 12.2 Å². The van der Waals surface area contributed by atoms with Gasteiger partial charge in [0.25, 0.3) is 0 Å². The van der Waals surface area contributed by atoms with E-state index in [9.17, 15) is 4.79 Å². The van der Waals surface area contributed by atoms with Crippen molar-refractivity contribution in [2.24, 2.45) is 0 Å². The van der Waals surface area contributed by atoms with Crippen LogP contribution in [0.3, 0.4) is 0 Å². The molecule has 0 bridgehead atoms. The summed E-state index contributed by atoms with van der Waals surface area (Å²) in [7, 11) is 0. The third-order valence-corrected chi connectivity index (χ3v) is 4.31. The fraction of sp³-hybridized carbons (Fsp3) is 0.308. The molecule has 0 aliphatic rings. The van der Waals surface area contributed by atoms with E-state index in [0.717, 1.165) is 15.2 Å². The zero-order valence-electron chi connectivity index (χ0n) is 11.0. The maximum atomic E-state index is 11.7. The number of nitrogens with one attached hydrogen (secondary N) is 2. The smallest absolute Gasteiger partial charge is 0.230 e. The number of aromatic nitrogens is 3. The van der Waals surface area contributed by atoms with Gasteiger partial charge in [-0.3, -0.25) is 9.89 Å². The van der Waals surface area contributed by atoms with Crippen LogP contribution in [0.4, 0.5) is 0 Å². The molecule has 106 valence electrons. The Morgan fingerprint density at radius 2 is 2.35 bits per heavy atom. The number of aryl methyl sites for hydroxylation is 1. The normalized spacial score (nSPS) is 10.5. The van der Waals surface area contributed by atoms with Gasteiger partial charge in [-0.2, -0.15) is 5.10 Å². The fourth-order valence-electron chi connectivity index (χ4n) is 1.64. The zero-order valence-corrected chi connectivity index (χ0v) is 13.4. The predicted molar refractivity (Wildman–Crippen MR) is 82.7 cm³/mol. The minimum absolute atomic E-state index is 0.0248. The van der Waals surface area contributed by atoms with Crippen molar-refractivity contribution in [2.75, 3.05) is 12.3 Å². The molecule has 2 aromatic rings. The van der Waals surface area contributed by atoms with Gasteiger partial charge in [-0.05, 0) is 30.7 Å². The van der Waals surface area contributed by atoms with Crippen LogP contribution in [0, 0.1) is 6.92 Å². The number of halogens is 1.